The predicted octanol–water partition coefficient (Wildman–Crippen LogP) is 5.45. The average Bonchev–Trinajstić information content (AvgIpc) is 3.21. The molecule has 0 fully saturated rings. The van der Waals surface area contributed by atoms with Gasteiger partial charge in [0.25, 0.3) is 0 Å². The van der Waals surface area contributed by atoms with E-state index in [1.54, 1.807) is 14.2 Å². The summed E-state index contributed by atoms with van der Waals surface area (Å²) in [6, 6.07) is 13.5. The van der Waals surface area contributed by atoms with Gasteiger partial charge in [0, 0.05) is 45.6 Å². The maximum atomic E-state index is 11.1. The summed E-state index contributed by atoms with van der Waals surface area (Å²) in [6.45, 7) is 3.95. The molecule has 164 valence electrons. The van der Waals surface area contributed by atoms with Crippen molar-refractivity contribution < 1.29 is 9.47 Å². The lowest BCUT2D eigenvalue weighted by molar-refractivity contribution is 0.390. The highest BCUT2D eigenvalue weighted by Gasteiger charge is 2.30. The molecule has 0 saturated carbocycles. The Kier molecular flexibility index (Phi) is 6.02. The van der Waals surface area contributed by atoms with Crippen LogP contribution in [0.1, 0.15) is 36.7 Å². The number of ether oxygens (including phenoxy) is 2. The fourth-order valence-electron chi connectivity index (χ4n) is 4.13. The molecule has 0 bridgehead atoms. The molecule has 1 unspecified atom stereocenters. The molecule has 5 rings (SSSR count). The summed E-state index contributed by atoms with van der Waals surface area (Å²) >= 11 is 0. The van der Waals surface area contributed by atoms with Gasteiger partial charge in [0.05, 0.1) is 26.0 Å². The number of methoxy groups -OCH3 is 2. The van der Waals surface area contributed by atoms with Crippen molar-refractivity contribution in [2.75, 3.05) is 19.5 Å². The number of anilines is 1. The number of aromatic nitrogens is 3. The highest BCUT2D eigenvalue weighted by molar-refractivity contribution is 6.02. The molecule has 0 amide bonds. The van der Waals surface area contributed by atoms with Gasteiger partial charge in [-0.05, 0) is 18.2 Å². The largest absolute Gasteiger partial charge is 0.497 e. The Morgan fingerprint density at radius 2 is 1.84 bits per heavy atom. The first kappa shape index (κ1) is 21.3. The van der Waals surface area contributed by atoms with Gasteiger partial charge in [-0.2, -0.15) is 10.0 Å². The van der Waals surface area contributed by atoms with E-state index in [0.717, 1.165) is 39.1 Å². The summed E-state index contributed by atoms with van der Waals surface area (Å²) in [5.41, 5.74) is 5.90. The number of H-pyrrole nitrogens is 1. The Morgan fingerprint density at radius 1 is 1.03 bits per heavy atom. The number of para-hydroxylation sites is 1. The van der Waals surface area contributed by atoms with Gasteiger partial charge in [-0.25, -0.2) is 0 Å². The van der Waals surface area contributed by atoms with Gasteiger partial charge >= 0.3 is 0 Å². The molecule has 3 heterocycles. The predicted molar refractivity (Wildman–Crippen MR) is 125 cm³/mol. The summed E-state index contributed by atoms with van der Waals surface area (Å²) in [6.07, 6.45) is 1.92. The zero-order valence-corrected chi connectivity index (χ0v) is 18.5. The molecule has 32 heavy (non-hydrogen) atoms. The third-order valence-corrected chi connectivity index (χ3v) is 5.47. The molecular formula is C24H25N5O3. The lowest BCUT2D eigenvalue weighted by Gasteiger charge is -2.22. The van der Waals surface area contributed by atoms with E-state index in [1.165, 1.54) is 0 Å². The molecule has 8 nitrogen and oxygen atoms in total. The van der Waals surface area contributed by atoms with E-state index in [-0.39, 0.29) is 12.6 Å². The first-order valence-corrected chi connectivity index (χ1v) is 10.5. The lowest BCUT2D eigenvalue weighted by Crippen LogP contribution is -2.12. The minimum Gasteiger partial charge on any atom is -0.497 e. The van der Waals surface area contributed by atoms with Crippen molar-refractivity contribution in [2.45, 2.75) is 26.4 Å². The third kappa shape index (κ3) is 3.43. The molecule has 8 heteroatoms. The third-order valence-electron chi connectivity index (χ3n) is 5.47. The fraction of sp³-hybridized carbons (Fsp3) is 0.250. The van der Waals surface area contributed by atoms with Crippen LogP contribution in [-0.2, 0) is 6.54 Å². The standard InChI is InChI=1S/C22H19N5O3.C2H6/c1-29-12-7-8-14(18(9-12)30-2)21-15-10-23-22-20(15)19(17(11-24-28)26-27-22)13-5-3-4-6-16(13)25-21;1-2/h3-10,21,25H,11H2,1-2H3,(H,23,27);1-2H3. The zero-order valence-electron chi connectivity index (χ0n) is 18.5. The van der Waals surface area contributed by atoms with Crippen LogP contribution >= 0.6 is 0 Å². The van der Waals surface area contributed by atoms with E-state index in [4.69, 9.17) is 9.47 Å². The van der Waals surface area contributed by atoms with Crippen LogP contribution in [0.4, 0.5) is 5.69 Å². The average molecular weight is 431 g/mol. The van der Waals surface area contributed by atoms with Crippen LogP contribution in [-0.4, -0.2) is 29.4 Å². The quantitative estimate of drug-likeness (QED) is 0.408. The van der Waals surface area contributed by atoms with Gasteiger partial charge in [-0.15, -0.1) is 5.10 Å². The Morgan fingerprint density at radius 3 is 2.59 bits per heavy atom. The SMILES string of the molecule is CC.COc1ccc(C2Nc3ccccc3-c3c(CN=O)nnc4[nH]cc2c34)c(OC)c1. The Labute approximate surface area is 186 Å². The number of nitrogens with zero attached hydrogens (tertiary/aromatic N) is 3. The number of rotatable bonds is 5. The van der Waals surface area contributed by atoms with Gasteiger partial charge in [-0.3, -0.25) is 0 Å². The molecule has 0 saturated heterocycles. The molecule has 1 aliphatic rings. The highest BCUT2D eigenvalue weighted by Crippen LogP contribution is 2.46. The maximum absolute atomic E-state index is 11.1. The summed E-state index contributed by atoms with van der Waals surface area (Å²) in [4.78, 5) is 14.3. The molecule has 0 radical (unpaired) electrons. The lowest BCUT2D eigenvalue weighted by atomic mass is 9.95. The number of nitrogens with one attached hydrogen (secondary N) is 2. The molecule has 1 atom stereocenters. The summed E-state index contributed by atoms with van der Waals surface area (Å²) in [5, 5.41) is 16.2. The zero-order chi connectivity index (χ0) is 22.7. The van der Waals surface area contributed by atoms with E-state index in [0.29, 0.717) is 17.1 Å². The van der Waals surface area contributed by atoms with E-state index >= 15 is 0 Å². The van der Waals surface area contributed by atoms with Crippen molar-refractivity contribution in [3.8, 4) is 22.6 Å². The van der Waals surface area contributed by atoms with Gasteiger partial charge in [0.2, 0.25) is 0 Å². The number of benzene rings is 2. The summed E-state index contributed by atoms with van der Waals surface area (Å²) in [7, 11) is 3.27. The van der Waals surface area contributed by atoms with Crippen LogP contribution in [0.2, 0.25) is 0 Å². The number of fused-ring (bicyclic) bond motifs is 2. The molecule has 2 N–H and O–H groups in total. The molecular weight excluding hydrogens is 406 g/mol. The second-order valence-corrected chi connectivity index (χ2v) is 7.01. The first-order chi connectivity index (χ1) is 15.7. The fourth-order valence-corrected chi connectivity index (χ4v) is 4.13. The van der Waals surface area contributed by atoms with Crippen LogP contribution in [0.3, 0.4) is 0 Å². The minimum atomic E-state index is -0.219. The van der Waals surface area contributed by atoms with Gasteiger partial charge in [-0.1, -0.05) is 37.2 Å². The Hall–Kier alpha value is -3.94. The smallest absolute Gasteiger partial charge is 0.160 e. The van der Waals surface area contributed by atoms with Crippen LogP contribution in [0.5, 0.6) is 11.5 Å². The van der Waals surface area contributed by atoms with Crippen LogP contribution in [0.25, 0.3) is 22.2 Å². The van der Waals surface area contributed by atoms with Crippen molar-refractivity contribution in [3.63, 3.8) is 0 Å². The second-order valence-electron chi connectivity index (χ2n) is 7.01. The minimum absolute atomic E-state index is 0.0479. The van der Waals surface area contributed by atoms with E-state index in [1.807, 2.05) is 62.5 Å². The van der Waals surface area contributed by atoms with Crippen molar-refractivity contribution in [3.05, 3.63) is 70.4 Å². The Balaban J connectivity index is 0.00000119. The van der Waals surface area contributed by atoms with Gasteiger partial charge in [0.1, 0.15) is 18.0 Å². The van der Waals surface area contributed by atoms with E-state index in [2.05, 4.69) is 25.7 Å². The van der Waals surface area contributed by atoms with Crippen LogP contribution in [0, 0.1) is 4.91 Å². The van der Waals surface area contributed by atoms with Crippen LogP contribution in [0.15, 0.2) is 53.8 Å². The van der Waals surface area contributed by atoms with Gasteiger partial charge in [0.15, 0.2) is 5.65 Å². The maximum Gasteiger partial charge on any atom is 0.160 e. The second kappa shape index (κ2) is 9.05. The molecule has 2 aromatic heterocycles. The monoisotopic (exact) mass is 431 g/mol. The normalized spacial score (nSPS) is 13.8. The van der Waals surface area contributed by atoms with Gasteiger partial charge < -0.3 is 19.8 Å². The number of hydrogen-bond acceptors (Lipinski definition) is 7. The van der Waals surface area contributed by atoms with Crippen molar-refractivity contribution >= 4 is 16.7 Å². The molecule has 2 aromatic carbocycles. The Bertz CT molecular complexity index is 1270. The highest BCUT2D eigenvalue weighted by atomic mass is 16.5. The van der Waals surface area contributed by atoms with E-state index in [9.17, 15) is 4.91 Å². The van der Waals surface area contributed by atoms with Crippen molar-refractivity contribution in [1.29, 1.82) is 0 Å². The number of nitroso groups, excluding NO2 is 1. The summed E-state index contributed by atoms with van der Waals surface area (Å²) in [5.74, 6) is 1.42. The summed E-state index contributed by atoms with van der Waals surface area (Å²) < 4.78 is 11.0. The molecule has 1 aliphatic heterocycles. The number of hydrogen-bond donors (Lipinski definition) is 2. The molecule has 0 spiro atoms. The number of aromatic amines is 1. The van der Waals surface area contributed by atoms with Crippen molar-refractivity contribution in [2.24, 2.45) is 5.18 Å². The first-order valence-electron chi connectivity index (χ1n) is 10.5. The molecule has 0 aliphatic carbocycles. The topological polar surface area (TPSA) is 101 Å². The van der Waals surface area contributed by atoms with E-state index < -0.39 is 0 Å². The van der Waals surface area contributed by atoms with Crippen molar-refractivity contribution in [1.82, 2.24) is 15.2 Å². The molecule has 4 aromatic rings. The van der Waals surface area contributed by atoms with Crippen LogP contribution < -0.4 is 14.8 Å².